The highest BCUT2D eigenvalue weighted by Crippen LogP contribution is 2.35. The van der Waals surface area contributed by atoms with Crippen molar-refractivity contribution in [1.82, 2.24) is 0 Å². The Kier molecular flexibility index (Phi) is 15.4. The molecule has 39 heavy (non-hydrogen) atoms. The van der Waals surface area contributed by atoms with Crippen LogP contribution >= 0.6 is 0 Å². The van der Waals surface area contributed by atoms with Crippen LogP contribution in [-0.2, 0) is 23.9 Å². The van der Waals surface area contributed by atoms with Crippen LogP contribution in [-0.4, -0.2) is 41.1 Å². The Morgan fingerprint density at radius 1 is 0.846 bits per heavy atom. The van der Waals surface area contributed by atoms with Gasteiger partial charge < -0.3 is 25.1 Å². The average molecular weight is 550 g/mol. The summed E-state index contributed by atoms with van der Waals surface area (Å²) in [6.07, 6.45) is 4.93. The second kappa shape index (κ2) is 17.6. The van der Waals surface area contributed by atoms with Gasteiger partial charge in [-0.2, -0.15) is 0 Å². The van der Waals surface area contributed by atoms with E-state index in [9.17, 15) is 24.3 Å². The van der Waals surface area contributed by atoms with Gasteiger partial charge in [0.05, 0.1) is 12.0 Å². The summed E-state index contributed by atoms with van der Waals surface area (Å²) in [6.45, 7) is 11.4. The number of ether oxygens (including phenoxy) is 3. The van der Waals surface area contributed by atoms with Crippen LogP contribution in [0.2, 0.25) is 0 Å². The standard InChI is InChI=1S/C30H47NO8/c1-7-9-11-13-26(32)38-24-16-15-22(18-25(24)39-27(33)14-12-10-8-2)23(28(31)29(34)35)17-20(5)37-30(36)21(6)19(3)4/h15-16,18-21,23,28H,7-14,17,31H2,1-6H3,(H,34,35)/t20?,21?,23?,28-/m0/s1. The van der Waals surface area contributed by atoms with Gasteiger partial charge in [0.2, 0.25) is 0 Å². The maximum Gasteiger partial charge on any atom is 0.321 e. The molecule has 1 aromatic rings. The molecule has 0 fully saturated rings. The Hall–Kier alpha value is -2.94. The molecule has 1 rings (SSSR count). The number of carbonyl (C=O) groups is 4. The van der Waals surface area contributed by atoms with Gasteiger partial charge in [0.25, 0.3) is 0 Å². The second-order valence-electron chi connectivity index (χ2n) is 10.6. The normalized spacial score (nSPS) is 14.3. The fourth-order valence-electron chi connectivity index (χ4n) is 3.95. The summed E-state index contributed by atoms with van der Waals surface area (Å²) in [7, 11) is 0. The number of aliphatic carboxylic acids is 1. The number of rotatable bonds is 18. The maximum absolute atomic E-state index is 12.5. The Morgan fingerprint density at radius 2 is 1.38 bits per heavy atom. The van der Waals surface area contributed by atoms with Crippen LogP contribution in [0.3, 0.4) is 0 Å². The minimum Gasteiger partial charge on any atom is -0.480 e. The number of unbranched alkanes of at least 4 members (excludes halogenated alkanes) is 4. The van der Waals surface area contributed by atoms with Crippen LogP contribution < -0.4 is 15.2 Å². The van der Waals surface area contributed by atoms with Crippen molar-refractivity contribution in [2.45, 2.75) is 117 Å². The summed E-state index contributed by atoms with van der Waals surface area (Å²) in [5.41, 5.74) is 6.53. The van der Waals surface area contributed by atoms with Gasteiger partial charge in [0, 0.05) is 18.8 Å². The third-order valence-electron chi connectivity index (χ3n) is 6.81. The summed E-state index contributed by atoms with van der Waals surface area (Å²) in [5, 5.41) is 9.69. The minimum absolute atomic E-state index is 0.0264. The van der Waals surface area contributed by atoms with E-state index < -0.39 is 36.0 Å². The lowest BCUT2D eigenvalue weighted by atomic mass is 9.87. The number of benzene rings is 1. The highest BCUT2D eigenvalue weighted by Gasteiger charge is 2.31. The molecule has 9 nitrogen and oxygen atoms in total. The van der Waals surface area contributed by atoms with Gasteiger partial charge >= 0.3 is 23.9 Å². The predicted molar refractivity (Wildman–Crippen MR) is 149 cm³/mol. The van der Waals surface area contributed by atoms with Crippen molar-refractivity contribution < 1.29 is 38.5 Å². The van der Waals surface area contributed by atoms with E-state index in [1.165, 1.54) is 12.1 Å². The zero-order valence-corrected chi connectivity index (χ0v) is 24.4. The molecule has 0 amide bonds. The number of hydrogen-bond donors (Lipinski definition) is 2. The Bertz CT molecular complexity index is 945. The van der Waals surface area contributed by atoms with Gasteiger partial charge in [0.15, 0.2) is 11.5 Å². The zero-order valence-electron chi connectivity index (χ0n) is 24.4. The fraction of sp³-hybridized carbons (Fsp3) is 0.667. The van der Waals surface area contributed by atoms with E-state index >= 15 is 0 Å². The summed E-state index contributed by atoms with van der Waals surface area (Å²) >= 11 is 0. The van der Waals surface area contributed by atoms with E-state index in [0.717, 1.165) is 25.7 Å². The summed E-state index contributed by atoms with van der Waals surface area (Å²) in [6, 6.07) is 3.26. The van der Waals surface area contributed by atoms with Crippen LogP contribution in [0.5, 0.6) is 11.5 Å². The van der Waals surface area contributed by atoms with Gasteiger partial charge in [-0.1, -0.05) is 66.4 Å². The van der Waals surface area contributed by atoms with E-state index in [4.69, 9.17) is 19.9 Å². The number of hydrogen-bond acceptors (Lipinski definition) is 8. The van der Waals surface area contributed by atoms with Crippen LogP contribution in [0.1, 0.15) is 111 Å². The maximum atomic E-state index is 12.5. The van der Waals surface area contributed by atoms with Crippen molar-refractivity contribution in [1.29, 1.82) is 0 Å². The predicted octanol–water partition coefficient (Wildman–Crippen LogP) is 5.77. The second-order valence-corrected chi connectivity index (χ2v) is 10.6. The Labute approximate surface area is 232 Å². The molecule has 0 heterocycles. The summed E-state index contributed by atoms with van der Waals surface area (Å²) in [4.78, 5) is 49.3. The first kappa shape index (κ1) is 34.1. The number of carbonyl (C=O) groups excluding carboxylic acids is 3. The Balaban J connectivity index is 3.28. The largest absolute Gasteiger partial charge is 0.480 e. The Morgan fingerprint density at radius 3 is 1.87 bits per heavy atom. The van der Waals surface area contributed by atoms with Gasteiger partial charge in [-0.3, -0.25) is 19.2 Å². The van der Waals surface area contributed by atoms with Crippen molar-refractivity contribution >= 4 is 23.9 Å². The lowest BCUT2D eigenvalue weighted by molar-refractivity contribution is -0.154. The minimum atomic E-state index is -1.32. The molecule has 4 atom stereocenters. The van der Waals surface area contributed by atoms with Crippen LogP contribution in [0.15, 0.2) is 18.2 Å². The first-order valence-corrected chi connectivity index (χ1v) is 14.1. The third kappa shape index (κ3) is 12.2. The van der Waals surface area contributed by atoms with Crippen molar-refractivity contribution in [3.05, 3.63) is 23.8 Å². The third-order valence-corrected chi connectivity index (χ3v) is 6.81. The van der Waals surface area contributed by atoms with Crippen molar-refractivity contribution in [3.8, 4) is 11.5 Å². The SMILES string of the molecule is CCCCCC(=O)Oc1ccc(C(CC(C)OC(=O)C(C)C(C)C)[C@H](N)C(=O)O)cc1OC(=O)CCCCC. The van der Waals surface area contributed by atoms with Crippen LogP contribution in [0.25, 0.3) is 0 Å². The molecule has 3 unspecified atom stereocenters. The van der Waals surface area contributed by atoms with E-state index in [1.807, 2.05) is 27.7 Å². The molecule has 0 saturated carbocycles. The summed E-state index contributed by atoms with van der Waals surface area (Å²) in [5.74, 6) is -3.41. The van der Waals surface area contributed by atoms with Crippen molar-refractivity contribution in [2.75, 3.05) is 0 Å². The molecule has 0 aromatic heterocycles. The van der Waals surface area contributed by atoms with Crippen molar-refractivity contribution in [3.63, 3.8) is 0 Å². The van der Waals surface area contributed by atoms with Crippen LogP contribution in [0.4, 0.5) is 0 Å². The number of nitrogens with two attached hydrogens (primary N) is 1. The monoisotopic (exact) mass is 549 g/mol. The smallest absolute Gasteiger partial charge is 0.321 e. The lowest BCUT2D eigenvalue weighted by Gasteiger charge is -2.26. The average Bonchev–Trinajstić information content (AvgIpc) is 2.87. The van der Waals surface area contributed by atoms with Gasteiger partial charge in [0.1, 0.15) is 6.04 Å². The summed E-state index contributed by atoms with van der Waals surface area (Å²) < 4.78 is 16.7. The molecule has 0 saturated heterocycles. The lowest BCUT2D eigenvalue weighted by Crippen LogP contribution is -2.38. The molecular formula is C30H47NO8. The van der Waals surface area contributed by atoms with Crippen molar-refractivity contribution in [2.24, 2.45) is 17.6 Å². The van der Waals surface area contributed by atoms with Gasteiger partial charge in [-0.05, 0) is 49.8 Å². The molecule has 0 aliphatic carbocycles. The van der Waals surface area contributed by atoms with E-state index in [1.54, 1.807) is 19.9 Å². The van der Waals surface area contributed by atoms with Crippen LogP contribution in [0, 0.1) is 11.8 Å². The quantitative estimate of drug-likeness (QED) is 0.133. The fourth-order valence-corrected chi connectivity index (χ4v) is 3.95. The molecular weight excluding hydrogens is 502 g/mol. The first-order chi connectivity index (χ1) is 18.4. The highest BCUT2D eigenvalue weighted by atomic mass is 16.6. The molecule has 0 aliphatic heterocycles. The van der Waals surface area contributed by atoms with E-state index in [0.29, 0.717) is 18.4 Å². The number of esters is 3. The molecule has 0 spiro atoms. The topological polar surface area (TPSA) is 142 Å². The number of carboxylic acid groups (broad SMARTS) is 1. The molecule has 3 N–H and O–H groups in total. The van der Waals surface area contributed by atoms with E-state index in [-0.39, 0.29) is 48.6 Å². The molecule has 0 radical (unpaired) electrons. The molecule has 0 aliphatic rings. The van der Waals surface area contributed by atoms with Gasteiger partial charge in [-0.15, -0.1) is 0 Å². The zero-order chi connectivity index (χ0) is 29.5. The van der Waals surface area contributed by atoms with Gasteiger partial charge in [-0.25, -0.2) is 0 Å². The molecule has 0 bridgehead atoms. The van der Waals surface area contributed by atoms with E-state index in [2.05, 4.69) is 0 Å². The first-order valence-electron chi connectivity index (χ1n) is 14.1. The highest BCUT2D eigenvalue weighted by molar-refractivity contribution is 5.77. The molecule has 9 heteroatoms. The molecule has 220 valence electrons. The molecule has 1 aromatic carbocycles. The number of carboxylic acids is 1.